The molecule has 1 fully saturated rings. The molecule has 1 atom stereocenters. The molecule has 122 valence electrons. The number of primary amides is 1. The van der Waals surface area contributed by atoms with Crippen molar-refractivity contribution in [3.63, 3.8) is 0 Å². The summed E-state index contributed by atoms with van der Waals surface area (Å²) in [6.07, 6.45) is 5.01. The van der Waals surface area contributed by atoms with Gasteiger partial charge in [-0.2, -0.15) is 0 Å². The Hall–Kier alpha value is -2.71. The highest BCUT2D eigenvalue weighted by atomic mass is 16.5. The van der Waals surface area contributed by atoms with Crippen molar-refractivity contribution >= 4 is 11.7 Å². The third-order valence-electron chi connectivity index (χ3n) is 3.74. The Balaban J connectivity index is 1.74. The average Bonchev–Trinajstić information content (AvgIpc) is 3.06. The van der Waals surface area contributed by atoms with Crippen molar-refractivity contribution in [2.75, 3.05) is 24.6 Å². The number of piperidine rings is 1. The van der Waals surface area contributed by atoms with Gasteiger partial charge in [-0.05, 0) is 19.8 Å². The Labute approximate surface area is 133 Å². The van der Waals surface area contributed by atoms with Crippen molar-refractivity contribution in [2.45, 2.75) is 25.8 Å². The Kier molecular flexibility index (Phi) is 4.35. The minimum atomic E-state index is -0.617. The highest BCUT2D eigenvalue weighted by Crippen LogP contribution is 2.25. The largest absolute Gasteiger partial charge is 0.478 e. The molecule has 1 saturated heterocycles. The van der Waals surface area contributed by atoms with Crippen molar-refractivity contribution in [1.29, 1.82) is 0 Å². The molecular weight excluding hydrogens is 298 g/mol. The second-order valence-corrected chi connectivity index (χ2v) is 5.30. The van der Waals surface area contributed by atoms with E-state index in [1.54, 1.807) is 11.0 Å². The molecule has 1 aliphatic rings. The Bertz CT molecular complexity index is 687. The van der Waals surface area contributed by atoms with Gasteiger partial charge >= 0.3 is 0 Å². The number of amides is 1. The zero-order chi connectivity index (χ0) is 16.2. The summed E-state index contributed by atoms with van der Waals surface area (Å²) < 4.78 is 7.13. The van der Waals surface area contributed by atoms with Crippen LogP contribution in [0.15, 0.2) is 18.7 Å². The Morgan fingerprint density at radius 3 is 3.04 bits per heavy atom. The van der Waals surface area contributed by atoms with Gasteiger partial charge < -0.3 is 15.4 Å². The van der Waals surface area contributed by atoms with Gasteiger partial charge in [-0.1, -0.05) is 0 Å². The average molecular weight is 317 g/mol. The predicted octanol–water partition coefficient (Wildman–Crippen LogP) is 0.407. The summed E-state index contributed by atoms with van der Waals surface area (Å²) in [5.41, 5.74) is 5.20. The van der Waals surface area contributed by atoms with E-state index in [2.05, 4.69) is 25.0 Å². The Morgan fingerprint density at radius 2 is 2.30 bits per heavy atom. The van der Waals surface area contributed by atoms with Crippen LogP contribution in [0, 0.1) is 0 Å². The van der Waals surface area contributed by atoms with Crippen LogP contribution in [0.1, 0.15) is 36.4 Å². The molecule has 1 aliphatic heterocycles. The number of rotatable bonds is 5. The minimum absolute atomic E-state index is 0.0443. The second-order valence-electron chi connectivity index (χ2n) is 5.30. The number of anilines is 1. The quantitative estimate of drug-likeness (QED) is 0.849. The first kappa shape index (κ1) is 15.2. The van der Waals surface area contributed by atoms with Gasteiger partial charge in [0.15, 0.2) is 0 Å². The van der Waals surface area contributed by atoms with Crippen molar-refractivity contribution < 1.29 is 9.53 Å². The monoisotopic (exact) mass is 317 g/mol. The smallest absolute Gasteiger partial charge is 0.288 e. The Morgan fingerprint density at radius 1 is 1.43 bits per heavy atom. The van der Waals surface area contributed by atoms with Crippen LogP contribution < -0.4 is 15.4 Å². The van der Waals surface area contributed by atoms with E-state index in [-0.39, 0.29) is 11.9 Å². The molecule has 2 aromatic rings. The maximum atomic E-state index is 11.1. The van der Waals surface area contributed by atoms with Crippen LogP contribution in [0.2, 0.25) is 0 Å². The fraction of sp³-hybridized carbons (Fsp3) is 0.500. The number of hydrogen-bond donors (Lipinski definition) is 1. The van der Waals surface area contributed by atoms with E-state index in [9.17, 15) is 4.79 Å². The van der Waals surface area contributed by atoms with Gasteiger partial charge in [-0.3, -0.25) is 4.79 Å². The maximum absolute atomic E-state index is 11.1. The van der Waals surface area contributed by atoms with Gasteiger partial charge in [-0.15, -0.1) is 5.10 Å². The maximum Gasteiger partial charge on any atom is 0.288 e. The summed E-state index contributed by atoms with van der Waals surface area (Å²) in [6, 6.07) is 1.96. The van der Waals surface area contributed by atoms with Crippen LogP contribution in [0.3, 0.4) is 0 Å². The van der Waals surface area contributed by atoms with Crippen molar-refractivity contribution in [2.24, 2.45) is 5.73 Å². The van der Waals surface area contributed by atoms with Crippen LogP contribution in [-0.2, 0) is 0 Å². The van der Waals surface area contributed by atoms with Crippen LogP contribution in [-0.4, -0.2) is 50.3 Å². The van der Waals surface area contributed by atoms with E-state index in [1.807, 2.05) is 13.0 Å². The molecule has 0 aromatic carbocycles. The molecule has 0 radical (unpaired) electrons. The zero-order valence-electron chi connectivity index (χ0n) is 12.9. The number of nitrogens with two attached hydrogens (primary N) is 1. The van der Waals surface area contributed by atoms with Crippen LogP contribution in [0.5, 0.6) is 5.88 Å². The second kappa shape index (κ2) is 6.59. The van der Waals surface area contributed by atoms with Crippen LogP contribution >= 0.6 is 0 Å². The lowest BCUT2D eigenvalue weighted by Crippen LogP contribution is -2.37. The molecule has 9 nitrogen and oxygen atoms in total. The molecule has 0 bridgehead atoms. The first-order valence-electron chi connectivity index (χ1n) is 7.58. The van der Waals surface area contributed by atoms with E-state index in [4.69, 9.17) is 10.5 Å². The fourth-order valence-corrected chi connectivity index (χ4v) is 2.67. The summed E-state index contributed by atoms with van der Waals surface area (Å²) >= 11 is 0. The van der Waals surface area contributed by atoms with Gasteiger partial charge in [0.05, 0.1) is 12.6 Å². The number of carbonyl (C=O) groups is 1. The van der Waals surface area contributed by atoms with E-state index in [0.29, 0.717) is 12.5 Å². The molecule has 3 rings (SSSR count). The van der Waals surface area contributed by atoms with Crippen LogP contribution in [0.4, 0.5) is 5.82 Å². The van der Waals surface area contributed by atoms with E-state index < -0.39 is 5.91 Å². The van der Waals surface area contributed by atoms with E-state index in [1.165, 1.54) is 6.33 Å². The standard InChI is InChI=1S/C14H19N7O2/c1-2-23-12-6-11(16-8-17-12)20-5-3-4-10(7-20)21-9-18-14(19-21)13(15)22/h6,8-10H,2-5,7H2,1H3,(H2,15,22)/t10-/m0/s1. The zero-order valence-corrected chi connectivity index (χ0v) is 12.9. The molecule has 2 aromatic heterocycles. The van der Waals surface area contributed by atoms with Gasteiger partial charge in [0, 0.05) is 19.2 Å². The predicted molar refractivity (Wildman–Crippen MR) is 82.2 cm³/mol. The van der Waals surface area contributed by atoms with Crippen LogP contribution in [0.25, 0.3) is 0 Å². The molecular formula is C14H19N7O2. The van der Waals surface area contributed by atoms with Gasteiger partial charge in [0.2, 0.25) is 11.7 Å². The molecule has 9 heteroatoms. The minimum Gasteiger partial charge on any atom is -0.478 e. The van der Waals surface area contributed by atoms with E-state index in [0.717, 1.165) is 31.7 Å². The molecule has 1 amide bonds. The molecule has 2 N–H and O–H groups in total. The number of carbonyl (C=O) groups excluding carboxylic acids is 1. The number of nitrogens with zero attached hydrogens (tertiary/aromatic N) is 6. The van der Waals surface area contributed by atoms with Crippen molar-refractivity contribution in [1.82, 2.24) is 24.7 Å². The first-order chi connectivity index (χ1) is 11.2. The first-order valence-corrected chi connectivity index (χ1v) is 7.58. The molecule has 0 spiro atoms. The van der Waals surface area contributed by atoms with E-state index >= 15 is 0 Å². The normalized spacial score (nSPS) is 18.0. The van der Waals surface area contributed by atoms with Crippen molar-refractivity contribution in [3.8, 4) is 5.88 Å². The highest BCUT2D eigenvalue weighted by Gasteiger charge is 2.24. The highest BCUT2D eigenvalue weighted by molar-refractivity contribution is 5.88. The third-order valence-corrected chi connectivity index (χ3v) is 3.74. The lowest BCUT2D eigenvalue weighted by Gasteiger charge is -2.33. The summed E-state index contributed by atoms with van der Waals surface area (Å²) in [5, 5.41) is 4.16. The van der Waals surface area contributed by atoms with Gasteiger partial charge in [0.1, 0.15) is 18.5 Å². The van der Waals surface area contributed by atoms with Crippen molar-refractivity contribution in [3.05, 3.63) is 24.5 Å². The number of aromatic nitrogens is 5. The number of ether oxygens (including phenoxy) is 1. The lowest BCUT2D eigenvalue weighted by molar-refractivity contribution is 0.0990. The summed E-state index contributed by atoms with van der Waals surface area (Å²) in [6.45, 7) is 4.11. The number of hydrogen-bond acceptors (Lipinski definition) is 7. The molecule has 23 heavy (non-hydrogen) atoms. The SMILES string of the molecule is CCOc1cc(N2CCC[C@H](n3cnc(C(N)=O)n3)C2)ncn1. The molecule has 0 unspecified atom stereocenters. The summed E-state index contributed by atoms with van der Waals surface area (Å²) in [5.74, 6) is 0.816. The van der Waals surface area contributed by atoms with Gasteiger partial charge in [-0.25, -0.2) is 19.6 Å². The third kappa shape index (κ3) is 3.38. The molecule has 0 aliphatic carbocycles. The molecule has 3 heterocycles. The topological polar surface area (TPSA) is 112 Å². The van der Waals surface area contributed by atoms with Gasteiger partial charge in [0.25, 0.3) is 5.91 Å². The lowest BCUT2D eigenvalue weighted by atomic mass is 10.1. The fourth-order valence-electron chi connectivity index (χ4n) is 2.67. The summed E-state index contributed by atoms with van der Waals surface area (Å²) in [4.78, 5) is 25.6. The summed E-state index contributed by atoms with van der Waals surface area (Å²) in [7, 11) is 0. The molecule has 0 saturated carbocycles.